The Hall–Kier alpha value is -7.75. The summed E-state index contributed by atoms with van der Waals surface area (Å²) in [6, 6.07) is 82.1. The predicted octanol–water partition coefficient (Wildman–Crippen LogP) is 13.3. The molecule has 0 aromatic heterocycles. The number of benzene rings is 8. The number of hydrogen-bond donors (Lipinski definition) is 2. The molecule has 3 heteroatoms. The van der Waals surface area contributed by atoms with Gasteiger partial charge in [0.25, 0.3) is 0 Å². The molecule has 60 heavy (non-hydrogen) atoms. The molecule has 0 saturated heterocycles. The molecule has 8 aromatic carbocycles. The fourth-order valence-corrected chi connectivity index (χ4v) is 8.51. The molecule has 0 radical (unpaired) electrons. The maximum Gasteiger partial charge on any atom is 0.134 e. The van der Waals surface area contributed by atoms with Crippen molar-refractivity contribution in [1.29, 1.82) is 0 Å². The van der Waals surface area contributed by atoms with Gasteiger partial charge in [0.15, 0.2) is 0 Å². The van der Waals surface area contributed by atoms with Crippen LogP contribution in [0.15, 0.2) is 242 Å². The van der Waals surface area contributed by atoms with Crippen molar-refractivity contribution in [2.75, 3.05) is 0 Å². The van der Waals surface area contributed by atoms with E-state index in [1.54, 1.807) is 0 Å². The second kappa shape index (κ2) is 16.6. The first-order chi connectivity index (χ1) is 29.8. The Labute approximate surface area is 352 Å². The van der Waals surface area contributed by atoms with Crippen LogP contribution in [0.4, 0.5) is 0 Å². The van der Waals surface area contributed by atoms with Crippen molar-refractivity contribution >= 4 is 33.9 Å². The first-order valence-corrected chi connectivity index (χ1v) is 20.6. The standard InChI is InChI=1S/C57H43N3/c1-7-20-41(21-8-1)50-39-51(42-22-9-2-10-23-42)59-57(58-50)49-33-19-32-48(38-49)40-34-36-45(37-35-40)52-53(43-24-11-3-12-25-43)55(46-28-15-5-16-29-46)60-56(47-30-17-6-18-31-47)54(52)44-26-13-4-14-27-44/h1-39,50,55,60H,(H,58,59). The molecule has 0 saturated carbocycles. The molecular formula is C57H43N3. The summed E-state index contributed by atoms with van der Waals surface area (Å²) < 4.78 is 0. The Morgan fingerprint density at radius 2 is 0.800 bits per heavy atom. The van der Waals surface area contributed by atoms with Gasteiger partial charge in [-0.25, -0.2) is 4.99 Å². The van der Waals surface area contributed by atoms with Crippen molar-refractivity contribution in [2.45, 2.75) is 12.1 Å². The van der Waals surface area contributed by atoms with Crippen molar-refractivity contribution in [2.24, 2.45) is 4.99 Å². The lowest BCUT2D eigenvalue weighted by Crippen LogP contribution is -2.31. The number of hydrogen-bond acceptors (Lipinski definition) is 3. The summed E-state index contributed by atoms with van der Waals surface area (Å²) in [6.45, 7) is 0. The molecule has 2 unspecified atom stereocenters. The first-order valence-electron chi connectivity index (χ1n) is 20.6. The number of allylic oxidation sites excluding steroid dienone is 2. The fourth-order valence-electron chi connectivity index (χ4n) is 8.51. The smallest absolute Gasteiger partial charge is 0.134 e. The monoisotopic (exact) mass is 769 g/mol. The molecule has 0 spiro atoms. The van der Waals surface area contributed by atoms with E-state index in [4.69, 9.17) is 4.99 Å². The number of nitrogens with one attached hydrogen (secondary N) is 2. The summed E-state index contributed by atoms with van der Waals surface area (Å²) >= 11 is 0. The number of dihydropyridines is 1. The lowest BCUT2D eigenvalue weighted by Gasteiger charge is -2.36. The number of rotatable bonds is 9. The zero-order chi connectivity index (χ0) is 40.1. The maximum absolute atomic E-state index is 5.20. The van der Waals surface area contributed by atoms with E-state index >= 15 is 0 Å². The van der Waals surface area contributed by atoms with E-state index in [1.807, 2.05) is 6.07 Å². The molecule has 10 rings (SSSR count). The van der Waals surface area contributed by atoms with Crippen LogP contribution in [0.2, 0.25) is 0 Å². The number of amidine groups is 1. The third-order valence-corrected chi connectivity index (χ3v) is 11.4. The zero-order valence-corrected chi connectivity index (χ0v) is 33.1. The largest absolute Gasteiger partial charge is 0.373 e. The average molecular weight is 770 g/mol. The SMILES string of the molecule is C1=C(c2ccccc2)N=C(c2cccc(-c3ccc(C4=C(c5ccccc5)C(c5ccccc5)NC(c5ccccc5)=C4c4ccccc4)cc3)c2)NC1c1ccccc1. The van der Waals surface area contributed by atoms with Crippen molar-refractivity contribution < 1.29 is 0 Å². The van der Waals surface area contributed by atoms with E-state index in [1.165, 1.54) is 33.4 Å². The van der Waals surface area contributed by atoms with Crippen LogP contribution < -0.4 is 10.6 Å². The van der Waals surface area contributed by atoms with Gasteiger partial charge >= 0.3 is 0 Å². The molecule has 2 atom stereocenters. The second-order valence-electron chi connectivity index (χ2n) is 15.2. The van der Waals surface area contributed by atoms with Gasteiger partial charge in [-0.1, -0.05) is 224 Å². The highest BCUT2D eigenvalue weighted by Crippen LogP contribution is 2.50. The average Bonchev–Trinajstić information content (AvgIpc) is 3.35. The van der Waals surface area contributed by atoms with Crippen molar-refractivity contribution in [1.82, 2.24) is 10.6 Å². The molecule has 0 fully saturated rings. The van der Waals surface area contributed by atoms with Gasteiger partial charge in [0.2, 0.25) is 0 Å². The first kappa shape index (κ1) is 36.6. The summed E-state index contributed by atoms with van der Waals surface area (Å²) in [4.78, 5) is 5.20. The molecule has 2 aliphatic heterocycles. The topological polar surface area (TPSA) is 36.4 Å². The highest BCUT2D eigenvalue weighted by molar-refractivity contribution is 6.24. The summed E-state index contributed by atoms with van der Waals surface area (Å²) in [5.41, 5.74) is 17.2. The van der Waals surface area contributed by atoms with E-state index in [-0.39, 0.29) is 12.1 Å². The Balaban J connectivity index is 1.10. The van der Waals surface area contributed by atoms with E-state index in [2.05, 4.69) is 241 Å². The minimum absolute atomic E-state index is 0.0127. The Morgan fingerprint density at radius 1 is 0.333 bits per heavy atom. The van der Waals surface area contributed by atoms with Crippen LogP contribution in [0.25, 0.3) is 39.2 Å². The fraction of sp³-hybridized carbons (Fsp3) is 0.0351. The van der Waals surface area contributed by atoms with Crippen LogP contribution in [0.5, 0.6) is 0 Å². The summed E-state index contributed by atoms with van der Waals surface area (Å²) in [5, 5.41) is 7.83. The van der Waals surface area contributed by atoms with Crippen molar-refractivity contribution in [3.8, 4) is 11.1 Å². The minimum Gasteiger partial charge on any atom is -0.373 e. The highest BCUT2D eigenvalue weighted by atomic mass is 15.0. The Morgan fingerprint density at radius 3 is 1.42 bits per heavy atom. The van der Waals surface area contributed by atoms with Gasteiger partial charge in [0.05, 0.1) is 23.5 Å². The zero-order valence-electron chi connectivity index (χ0n) is 33.1. The molecule has 286 valence electrons. The lowest BCUT2D eigenvalue weighted by molar-refractivity contribution is 0.781. The van der Waals surface area contributed by atoms with Gasteiger partial charge in [-0.3, -0.25) is 0 Å². The third kappa shape index (κ3) is 7.41. The van der Waals surface area contributed by atoms with Crippen LogP contribution in [0.3, 0.4) is 0 Å². The molecule has 2 heterocycles. The number of aliphatic imine (C=N–C) groups is 1. The van der Waals surface area contributed by atoms with Gasteiger partial charge < -0.3 is 10.6 Å². The molecule has 2 N–H and O–H groups in total. The van der Waals surface area contributed by atoms with Crippen LogP contribution in [0, 0.1) is 0 Å². The summed E-state index contributed by atoms with van der Waals surface area (Å²) in [7, 11) is 0. The Bertz CT molecular complexity index is 2860. The normalized spacial score (nSPS) is 16.3. The van der Waals surface area contributed by atoms with Gasteiger partial charge in [-0.2, -0.15) is 0 Å². The van der Waals surface area contributed by atoms with Crippen molar-refractivity contribution in [3.63, 3.8) is 0 Å². The van der Waals surface area contributed by atoms with Gasteiger partial charge in [0, 0.05) is 11.1 Å². The van der Waals surface area contributed by atoms with Gasteiger partial charge in [0.1, 0.15) is 5.84 Å². The van der Waals surface area contributed by atoms with E-state index < -0.39 is 0 Å². The molecule has 0 amide bonds. The maximum atomic E-state index is 5.20. The molecule has 0 aliphatic carbocycles. The van der Waals surface area contributed by atoms with Gasteiger partial charge in [-0.15, -0.1) is 0 Å². The van der Waals surface area contributed by atoms with Crippen LogP contribution in [0.1, 0.15) is 56.6 Å². The Kier molecular flexibility index (Phi) is 10.1. The molecule has 8 aromatic rings. The van der Waals surface area contributed by atoms with Crippen LogP contribution >= 0.6 is 0 Å². The predicted molar refractivity (Wildman–Crippen MR) is 250 cm³/mol. The second-order valence-corrected chi connectivity index (χ2v) is 15.2. The van der Waals surface area contributed by atoms with E-state index in [0.29, 0.717) is 0 Å². The number of nitrogens with zero attached hydrogens (tertiary/aromatic N) is 1. The molecule has 3 nitrogen and oxygen atoms in total. The molecule has 2 aliphatic rings. The van der Waals surface area contributed by atoms with Crippen LogP contribution in [-0.2, 0) is 0 Å². The third-order valence-electron chi connectivity index (χ3n) is 11.4. The van der Waals surface area contributed by atoms with Gasteiger partial charge in [-0.05, 0) is 73.4 Å². The van der Waals surface area contributed by atoms with E-state index in [9.17, 15) is 0 Å². The minimum atomic E-state index is -0.0964. The summed E-state index contributed by atoms with van der Waals surface area (Å²) in [5.74, 6) is 0.856. The highest BCUT2D eigenvalue weighted by Gasteiger charge is 2.33. The quantitative estimate of drug-likeness (QED) is 0.153. The summed E-state index contributed by atoms with van der Waals surface area (Å²) in [6.07, 6.45) is 2.22. The van der Waals surface area contributed by atoms with E-state index in [0.717, 1.165) is 56.2 Å². The van der Waals surface area contributed by atoms with Crippen molar-refractivity contribution in [3.05, 3.63) is 281 Å². The van der Waals surface area contributed by atoms with Crippen LogP contribution in [-0.4, -0.2) is 5.84 Å². The molecule has 0 bridgehead atoms. The lowest BCUT2D eigenvalue weighted by atomic mass is 9.77. The molecular weight excluding hydrogens is 727 g/mol.